The molecule has 3 aromatic rings. The second-order valence-electron chi connectivity index (χ2n) is 4.61. The maximum Gasteiger partial charge on any atom is 0.208 e. The number of H-pyrrole nitrogens is 1. The summed E-state index contributed by atoms with van der Waals surface area (Å²) in [6.45, 7) is 0. The molecule has 0 radical (unpaired) electrons. The zero-order valence-electron chi connectivity index (χ0n) is 11.3. The van der Waals surface area contributed by atoms with Crippen LogP contribution in [0.5, 0.6) is 0 Å². The molecule has 1 N–H and O–H groups in total. The Hall–Kier alpha value is -1.78. The monoisotopic (exact) mass is 315 g/mol. The fraction of sp³-hybridized carbons (Fsp3) is 0.125. The molecule has 0 aliphatic rings. The van der Waals surface area contributed by atoms with Crippen LogP contribution in [0.4, 0.5) is 0 Å². The molecule has 21 heavy (non-hydrogen) atoms. The van der Waals surface area contributed by atoms with Gasteiger partial charge >= 0.3 is 0 Å². The number of nitrogens with zero attached hydrogens (tertiary/aromatic N) is 2. The van der Waals surface area contributed by atoms with E-state index in [1.807, 2.05) is 42.5 Å². The number of rotatable bonds is 5. The third kappa shape index (κ3) is 3.86. The SMILES string of the molecule is Clc1ccccc1CSc1n[nH]c(Cc2ccccc2)n1. The number of benzene rings is 2. The first-order valence-corrected chi connectivity index (χ1v) is 7.99. The van der Waals surface area contributed by atoms with Crippen LogP contribution in [0.25, 0.3) is 0 Å². The normalized spacial score (nSPS) is 10.7. The Balaban J connectivity index is 1.62. The lowest BCUT2D eigenvalue weighted by atomic mass is 10.1. The molecule has 5 heteroatoms. The summed E-state index contributed by atoms with van der Waals surface area (Å²) in [6, 6.07) is 18.1. The van der Waals surface area contributed by atoms with E-state index in [2.05, 4.69) is 27.3 Å². The summed E-state index contributed by atoms with van der Waals surface area (Å²) < 4.78 is 0. The van der Waals surface area contributed by atoms with Crippen LogP contribution in [0.15, 0.2) is 59.8 Å². The number of hydrogen-bond acceptors (Lipinski definition) is 3. The third-order valence-corrected chi connectivity index (χ3v) is 4.31. The fourth-order valence-corrected chi connectivity index (χ4v) is 3.07. The topological polar surface area (TPSA) is 41.6 Å². The van der Waals surface area contributed by atoms with Crippen molar-refractivity contribution in [3.05, 3.63) is 76.6 Å². The molecule has 2 aromatic carbocycles. The van der Waals surface area contributed by atoms with Crippen LogP contribution in [0, 0.1) is 0 Å². The average molecular weight is 316 g/mol. The van der Waals surface area contributed by atoms with Crippen molar-refractivity contribution in [1.29, 1.82) is 0 Å². The Bertz CT molecular complexity index is 712. The van der Waals surface area contributed by atoms with E-state index in [1.54, 1.807) is 11.8 Å². The maximum atomic E-state index is 6.14. The first-order valence-electron chi connectivity index (χ1n) is 6.62. The number of nitrogens with one attached hydrogen (secondary N) is 1. The highest BCUT2D eigenvalue weighted by Gasteiger charge is 2.06. The van der Waals surface area contributed by atoms with Gasteiger partial charge in [-0.2, -0.15) is 0 Å². The molecule has 106 valence electrons. The average Bonchev–Trinajstić information content (AvgIpc) is 2.95. The van der Waals surface area contributed by atoms with Crippen molar-refractivity contribution in [3.63, 3.8) is 0 Å². The molecule has 0 spiro atoms. The van der Waals surface area contributed by atoms with Gasteiger partial charge in [-0.25, -0.2) is 4.98 Å². The van der Waals surface area contributed by atoms with Gasteiger partial charge in [0.05, 0.1) is 0 Å². The first-order chi connectivity index (χ1) is 10.3. The molecule has 0 unspecified atom stereocenters. The van der Waals surface area contributed by atoms with Crippen LogP contribution in [-0.2, 0) is 12.2 Å². The van der Waals surface area contributed by atoms with Crippen molar-refractivity contribution < 1.29 is 0 Å². The zero-order chi connectivity index (χ0) is 14.5. The highest BCUT2D eigenvalue weighted by molar-refractivity contribution is 7.98. The molecule has 3 rings (SSSR count). The van der Waals surface area contributed by atoms with E-state index < -0.39 is 0 Å². The van der Waals surface area contributed by atoms with E-state index in [0.717, 1.165) is 33.7 Å². The molecule has 0 atom stereocenters. The van der Waals surface area contributed by atoms with Crippen LogP contribution in [0.3, 0.4) is 0 Å². The largest absolute Gasteiger partial charge is 0.262 e. The second-order valence-corrected chi connectivity index (χ2v) is 5.96. The van der Waals surface area contributed by atoms with Crippen molar-refractivity contribution in [2.45, 2.75) is 17.3 Å². The minimum atomic E-state index is 0.751. The molecule has 0 saturated heterocycles. The molecule has 0 aliphatic heterocycles. The molecular formula is C16H14ClN3S. The molecule has 3 nitrogen and oxygen atoms in total. The van der Waals surface area contributed by atoms with Gasteiger partial charge in [0.15, 0.2) is 0 Å². The summed E-state index contributed by atoms with van der Waals surface area (Å²) in [7, 11) is 0. The summed E-state index contributed by atoms with van der Waals surface area (Å²) in [6.07, 6.45) is 0.764. The van der Waals surface area contributed by atoms with Crippen LogP contribution in [-0.4, -0.2) is 15.2 Å². The molecule has 0 fully saturated rings. The summed E-state index contributed by atoms with van der Waals surface area (Å²) in [4.78, 5) is 4.50. The summed E-state index contributed by atoms with van der Waals surface area (Å²) >= 11 is 7.72. The minimum Gasteiger partial charge on any atom is -0.262 e. The lowest BCUT2D eigenvalue weighted by Gasteiger charge is -2.00. The standard InChI is InChI=1S/C16H14ClN3S/c17-14-9-5-4-8-13(14)11-21-16-18-15(19-20-16)10-12-6-2-1-3-7-12/h1-9H,10-11H2,(H,18,19,20). The van der Waals surface area contributed by atoms with Gasteiger partial charge in [-0.3, -0.25) is 5.10 Å². The molecule has 0 aliphatic carbocycles. The number of hydrogen-bond donors (Lipinski definition) is 1. The summed E-state index contributed by atoms with van der Waals surface area (Å²) in [5, 5.41) is 8.76. The Labute approximate surface area is 132 Å². The van der Waals surface area contributed by atoms with Gasteiger partial charge in [-0.1, -0.05) is 71.9 Å². The summed E-state index contributed by atoms with van der Waals surface area (Å²) in [5.74, 6) is 1.64. The van der Waals surface area contributed by atoms with Crippen molar-refractivity contribution in [2.75, 3.05) is 0 Å². The second kappa shape index (κ2) is 6.78. The summed E-state index contributed by atoms with van der Waals surface area (Å²) in [5.41, 5.74) is 2.31. The van der Waals surface area contributed by atoms with Crippen molar-refractivity contribution in [2.24, 2.45) is 0 Å². The molecule has 0 amide bonds. The van der Waals surface area contributed by atoms with E-state index in [-0.39, 0.29) is 0 Å². The van der Waals surface area contributed by atoms with Gasteiger partial charge in [0.2, 0.25) is 5.16 Å². The molecule has 1 aromatic heterocycles. The quantitative estimate of drug-likeness (QED) is 0.712. The van der Waals surface area contributed by atoms with Crippen LogP contribution in [0.1, 0.15) is 17.0 Å². The lowest BCUT2D eigenvalue weighted by molar-refractivity contribution is 0.956. The van der Waals surface area contributed by atoms with E-state index >= 15 is 0 Å². The Morgan fingerprint density at radius 2 is 1.76 bits per heavy atom. The van der Waals surface area contributed by atoms with Gasteiger partial charge in [0.1, 0.15) is 5.82 Å². The number of thioether (sulfide) groups is 1. The van der Waals surface area contributed by atoms with E-state index in [9.17, 15) is 0 Å². The highest BCUT2D eigenvalue weighted by atomic mass is 35.5. The third-order valence-electron chi connectivity index (χ3n) is 3.04. The number of halogens is 1. The maximum absolute atomic E-state index is 6.14. The van der Waals surface area contributed by atoms with Gasteiger partial charge < -0.3 is 0 Å². The van der Waals surface area contributed by atoms with Crippen molar-refractivity contribution in [3.8, 4) is 0 Å². The highest BCUT2D eigenvalue weighted by Crippen LogP contribution is 2.24. The number of aromatic amines is 1. The molecular weight excluding hydrogens is 302 g/mol. The van der Waals surface area contributed by atoms with Gasteiger partial charge in [0, 0.05) is 17.2 Å². The van der Waals surface area contributed by atoms with Gasteiger partial charge in [-0.05, 0) is 17.2 Å². The van der Waals surface area contributed by atoms with Crippen LogP contribution >= 0.6 is 23.4 Å². The van der Waals surface area contributed by atoms with E-state index in [4.69, 9.17) is 11.6 Å². The smallest absolute Gasteiger partial charge is 0.208 e. The first kappa shape index (κ1) is 14.2. The van der Waals surface area contributed by atoms with Gasteiger partial charge in [0.25, 0.3) is 0 Å². The Kier molecular flexibility index (Phi) is 4.58. The van der Waals surface area contributed by atoms with Crippen LogP contribution < -0.4 is 0 Å². The molecule has 0 bridgehead atoms. The van der Waals surface area contributed by atoms with E-state index in [0.29, 0.717) is 0 Å². The van der Waals surface area contributed by atoms with E-state index in [1.165, 1.54) is 5.56 Å². The number of aromatic nitrogens is 3. The van der Waals surface area contributed by atoms with Gasteiger partial charge in [-0.15, -0.1) is 5.10 Å². The molecule has 0 saturated carbocycles. The van der Waals surface area contributed by atoms with Crippen molar-refractivity contribution >= 4 is 23.4 Å². The molecule has 1 heterocycles. The lowest BCUT2D eigenvalue weighted by Crippen LogP contribution is -1.90. The predicted molar refractivity (Wildman–Crippen MR) is 86.6 cm³/mol. The Morgan fingerprint density at radius 3 is 2.57 bits per heavy atom. The Morgan fingerprint density at radius 1 is 1.00 bits per heavy atom. The van der Waals surface area contributed by atoms with Crippen molar-refractivity contribution in [1.82, 2.24) is 15.2 Å². The minimum absolute atomic E-state index is 0.751. The predicted octanol–water partition coefficient (Wildman–Crippen LogP) is 4.34. The van der Waals surface area contributed by atoms with Crippen LogP contribution in [0.2, 0.25) is 5.02 Å². The zero-order valence-corrected chi connectivity index (χ0v) is 12.9. The fourth-order valence-electron chi connectivity index (χ4n) is 1.97.